The predicted molar refractivity (Wildman–Crippen MR) is 115 cm³/mol. The monoisotopic (exact) mass is 430 g/mol. The molecule has 3 rings (SSSR count). The molecule has 3 aromatic rings. The van der Waals surface area contributed by atoms with Crippen molar-refractivity contribution in [1.29, 1.82) is 0 Å². The fourth-order valence-electron chi connectivity index (χ4n) is 3.21. The van der Waals surface area contributed by atoms with Crippen LogP contribution in [0.1, 0.15) is 37.7 Å². The largest absolute Gasteiger partial charge is 0.361 e. The number of hydrogen-bond acceptors (Lipinski definition) is 5. The van der Waals surface area contributed by atoms with Gasteiger partial charge in [0.1, 0.15) is 0 Å². The number of nitrogens with zero attached hydrogens (tertiary/aromatic N) is 1. The highest BCUT2D eigenvalue weighted by Crippen LogP contribution is 2.22. The van der Waals surface area contributed by atoms with Crippen molar-refractivity contribution < 1.29 is 18.4 Å². The topological polar surface area (TPSA) is 124 Å². The van der Waals surface area contributed by atoms with Gasteiger partial charge in [0.15, 0.2) is 0 Å². The first kappa shape index (κ1) is 21.9. The summed E-state index contributed by atoms with van der Waals surface area (Å²) in [6.07, 6.45) is 6.71. The first-order valence-electron chi connectivity index (χ1n) is 9.89. The van der Waals surface area contributed by atoms with Crippen molar-refractivity contribution in [3.8, 4) is 11.3 Å². The first-order chi connectivity index (χ1) is 14.5. The van der Waals surface area contributed by atoms with Gasteiger partial charge in [0.2, 0.25) is 15.9 Å². The maximum absolute atomic E-state index is 12.3. The Kier molecular flexibility index (Phi) is 7.56. The zero-order valence-corrected chi connectivity index (χ0v) is 17.4. The zero-order chi connectivity index (χ0) is 21.4. The third kappa shape index (κ3) is 6.38. The third-order valence-corrected chi connectivity index (χ3v) is 6.17. The predicted octanol–water partition coefficient (Wildman–Crippen LogP) is 3.11. The number of aromatic nitrogens is 2. The average molecular weight is 431 g/mol. The van der Waals surface area contributed by atoms with E-state index in [0.717, 1.165) is 35.0 Å². The lowest BCUT2D eigenvalue weighted by Gasteiger charge is -2.08. The second-order valence-electron chi connectivity index (χ2n) is 7.18. The van der Waals surface area contributed by atoms with E-state index in [1.54, 1.807) is 17.7 Å². The highest BCUT2D eigenvalue weighted by atomic mass is 32.2. The summed E-state index contributed by atoms with van der Waals surface area (Å²) in [5.41, 5.74) is 5.00. The maximum Gasteiger partial charge on any atom is 0.243 e. The van der Waals surface area contributed by atoms with Crippen molar-refractivity contribution in [3.05, 3.63) is 54.4 Å². The molecule has 0 unspecified atom stereocenters. The van der Waals surface area contributed by atoms with E-state index in [2.05, 4.69) is 14.7 Å². The Labute approximate surface area is 175 Å². The number of H-pyrrole nitrogens is 1. The Bertz CT molecular complexity index is 1080. The molecule has 2 heterocycles. The number of benzene rings is 1. The van der Waals surface area contributed by atoms with Gasteiger partial charge in [-0.25, -0.2) is 18.6 Å². The number of unbranched alkanes of at least 4 members (excludes halogenated alkanes) is 3. The van der Waals surface area contributed by atoms with E-state index in [1.807, 2.05) is 36.5 Å². The van der Waals surface area contributed by atoms with Crippen molar-refractivity contribution in [2.24, 2.45) is 0 Å². The van der Waals surface area contributed by atoms with Gasteiger partial charge in [-0.1, -0.05) is 31.0 Å². The van der Waals surface area contributed by atoms with E-state index in [0.29, 0.717) is 24.9 Å². The molecular weight excluding hydrogens is 404 g/mol. The zero-order valence-electron chi connectivity index (χ0n) is 16.6. The van der Waals surface area contributed by atoms with Gasteiger partial charge in [-0.05, 0) is 42.0 Å². The molecule has 2 aromatic heterocycles. The molecule has 4 N–H and O–H groups in total. The van der Waals surface area contributed by atoms with Gasteiger partial charge in [0.25, 0.3) is 0 Å². The molecule has 160 valence electrons. The highest BCUT2D eigenvalue weighted by Gasteiger charge is 2.12. The number of carbonyl (C=O) groups excluding carboxylic acids is 1. The van der Waals surface area contributed by atoms with Crippen molar-refractivity contribution in [1.82, 2.24) is 20.2 Å². The quantitative estimate of drug-likeness (QED) is 0.211. The lowest BCUT2D eigenvalue weighted by Crippen LogP contribution is -2.26. The highest BCUT2D eigenvalue weighted by molar-refractivity contribution is 7.88. The molecule has 0 saturated carbocycles. The third-order valence-electron chi connectivity index (χ3n) is 4.81. The molecule has 0 radical (unpaired) electrons. The summed E-state index contributed by atoms with van der Waals surface area (Å²) in [5, 5.41) is 9.54. The van der Waals surface area contributed by atoms with E-state index >= 15 is 0 Å². The summed E-state index contributed by atoms with van der Waals surface area (Å²) in [4.78, 5) is 18.5. The minimum atomic E-state index is -3.44. The number of nitrogens with one attached hydrogen (secondary N) is 3. The lowest BCUT2D eigenvalue weighted by atomic mass is 10.1. The minimum Gasteiger partial charge on any atom is -0.361 e. The number of amides is 1. The summed E-state index contributed by atoms with van der Waals surface area (Å²) in [5.74, 6) is -0.521. The van der Waals surface area contributed by atoms with E-state index in [9.17, 15) is 13.2 Å². The number of sulfonamides is 1. The van der Waals surface area contributed by atoms with Crippen LogP contribution in [0.15, 0.2) is 48.8 Å². The standard InChI is InChI=1S/C21H26N4O4S/c26-21(25-27)5-3-1-2-4-11-24-30(28,29)15-16-6-9-19(23-14-16)18-8-7-17-10-12-22-20(17)13-18/h6-10,12-14,22,24,27H,1-5,11,15H2,(H,25,26). The second kappa shape index (κ2) is 10.3. The summed E-state index contributed by atoms with van der Waals surface area (Å²) in [6.45, 7) is 0.357. The Hall–Kier alpha value is -2.75. The molecule has 0 saturated heterocycles. The van der Waals surface area contributed by atoms with Crippen LogP contribution >= 0.6 is 0 Å². The summed E-state index contributed by atoms with van der Waals surface area (Å²) >= 11 is 0. The second-order valence-corrected chi connectivity index (χ2v) is 8.99. The molecule has 1 amide bonds. The molecule has 1 aromatic carbocycles. The van der Waals surface area contributed by atoms with E-state index < -0.39 is 15.9 Å². The van der Waals surface area contributed by atoms with Gasteiger partial charge in [-0.15, -0.1) is 0 Å². The number of aromatic amines is 1. The van der Waals surface area contributed by atoms with E-state index in [1.165, 1.54) is 0 Å². The maximum atomic E-state index is 12.3. The normalized spacial score (nSPS) is 11.6. The van der Waals surface area contributed by atoms with Crippen LogP contribution in [-0.2, 0) is 20.6 Å². The fraction of sp³-hybridized carbons (Fsp3) is 0.333. The molecule has 0 spiro atoms. The number of fused-ring (bicyclic) bond motifs is 1. The molecule has 0 bridgehead atoms. The van der Waals surface area contributed by atoms with Crippen molar-refractivity contribution in [2.75, 3.05) is 6.54 Å². The summed E-state index contributed by atoms with van der Waals surface area (Å²) in [7, 11) is -3.44. The van der Waals surface area contributed by atoms with Gasteiger partial charge in [0.05, 0.1) is 11.4 Å². The molecule has 0 aliphatic rings. The minimum absolute atomic E-state index is 0.118. The van der Waals surface area contributed by atoms with Crippen molar-refractivity contribution >= 4 is 26.8 Å². The Balaban J connectivity index is 1.45. The fourth-order valence-corrected chi connectivity index (χ4v) is 4.37. The molecular formula is C21H26N4O4S. The smallest absolute Gasteiger partial charge is 0.243 e. The number of hydrogen-bond donors (Lipinski definition) is 4. The molecule has 0 aliphatic carbocycles. The van der Waals surface area contributed by atoms with Crippen molar-refractivity contribution in [2.45, 2.75) is 37.9 Å². The SMILES string of the molecule is O=C(CCCCCCNS(=O)(=O)Cc1ccc(-c2ccc3cc[nH]c3c2)nc1)NO. The molecule has 0 atom stereocenters. The molecule has 0 fully saturated rings. The van der Waals surface area contributed by atoms with Crippen LogP contribution in [0, 0.1) is 0 Å². The Morgan fingerprint density at radius 2 is 1.90 bits per heavy atom. The van der Waals surface area contributed by atoms with Gasteiger partial charge in [-0.3, -0.25) is 15.0 Å². The molecule has 9 heteroatoms. The number of pyridine rings is 1. The van der Waals surface area contributed by atoms with Gasteiger partial charge >= 0.3 is 0 Å². The van der Waals surface area contributed by atoms with Crippen LogP contribution in [0.3, 0.4) is 0 Å². The summed E-state index contributed by atoms with van der Waals surface area (Å²) < 4.78 is 27.1. The van der Waals surface area contributed by atoms with Crippen molar-refractivity contribution in [3.63, 3.8) is 0 Å². The van der Waals surface area contributed by atoms with Crippen LogP contribution in [-0.4, -0.2) is 36.0 Å². The van der Waals surface area contributed by atoms with E-state index in [-0.39, 0.29) is 12.2 Å². The van der Waals surface area contributed by atoms with Crippen LogP contribution in [0.5, 0.6) is 0 Å². The Morgan fingerprint density at radius 3 is 2.67 bits per heavy atom. The number of carbonyl (C=O) groups is 1. The summed E-state index contributed by atoms with van der Waals surface area (Å²) in [6, 6.07) is 11.7. The number of hydroxylamine groups is 1. The van der Waals surface area contributed by atoms with E-state index in [4.69, 9.17) is 5.21 Å². The van der Waals surface area contributed by atoms with Gasteiger partial charge in [-0.2, -0.15) is 0 Å². The average Bonchev–Trinajstić information content (AvgIpc) is 3.21. The molecule has 0 aliphatic heterocycles. The van der Waals surface area contributed by atoms with Crippen LogP contribution in [0.2, 0.25) is 0 Å². The van der Waals surface area contributed by atoms with Gasteiger partial charge < -0.3 is 4.98 Å². The van der Waals surface area contributed by atoms with Crippen LogP contribution < -0.4 is 10.2 Å². The first-order valence-corrected chi connectivity index (χ1v) is 11.5. The lowest BCUT2D eigenvalue weighted by molar-refractivity contribution is -0.129. The Morgan fingerprint density at radius 1 is 1.07 bits per heavy atom. The molecule has 8 nitrogen and oxygen atoms in total. The van der Waals surface area contributed by atoms with Crippen LogP contribution in [0.4, 0.5) is 0 Å². The van der Waals surface area contributed by atoms with Gasteiger partial charge in [0, 0.05) is 36.4 Å². The molecule has 30 heavy (non-hydrogen) atoms. The number of rotatable bonds is 11. The van der Waals surface area contributed by atoms with Crippen LogP contribution in [0.25, 0.3) is 22.2 Å².